The first-order chi connectivity index (χ1) is 17.5. The Morgan fingerprint density at radius 2 is 1.86 bits per heavy atom. The molecule has 184 valence electrons. The number of benzene rings is 2. The highest BCUT2D eigenvalue weighted by atomic mass is 16.5. The average Bonchev–Trinajstić information content (AvgIpc) is 3.51. The summed E-state index contributed by atoms with van der Waals surface area (Å²) in [6, 6.07) is 17.3. The minimum atomic E-state index is -0.243. The van der Waals surface area contributed by atoms with Gasteiger partial charge in [0.15, 0.2) is 5.65 Å². The maximum atomic E-state index is 13.0. The molecule has 4 aromatic rings. The van der Waals surface area contributed by atoms with Gasteiger partial charge >= 0.3 is 0 Å². The monoisotopic (exact) mass is 483 g/mol. The highest BCUT2D eigenvalue weighted by Gasteiger charge is 2.32. The number of nitrogens with two attached hydrogens (primary N) is 1. The van der Waals surface area contributed by atoms with E-state index >= 15 is 0 Å². The molecule has 1 unspecified atom stereocenters. The molecule has 9 nitrogen and oxygen atoms in total. The Hall–Kier alpha value is -4.24. The van der Waals surface area contributed by atoms with Crippen molar-refractivity contribution in [3.63, 3.8) is 0 Å². The topological polar surface area (TPSA) is 102 Å². The van der Waals surface area contributed by atoms with Crippen LogP contribution in [0.4, 0.5) is 5.82 Å². The molecule has 36 heavy (non-hydrogen) atoms. The van der Waals surface area contributed by atoms with Gasteiger partial charge in [0.2, 0.25) is 5.91 Å². The summed E-state index contributed by atoms with van der Waals surface area (Å²) in [4.78, 5) is 25.6. The van der Waals surface area contributed by atoms with Crippen molar-refractivity contribution in [3.05, 3.63) is 73.1 Å². The second-order valence-electron chi connectivity index (χ2n) is 9.01. The maximum Gasteiger partial charge on any atom is 0.247 e. The number of aromatic nitrogens is 4. The van der Waals surface area contributed by atoms with Gasteiger partial charge in [-0.1, -0.05) is 24.3 Å². The van der Waals surface area contributed by atoms with Crippen molar-refractivity contribution in [2.45, 2.75) is 19.0 Å². The summed E-state index contributed by atoms with van der Waals surface area (Å²) < 4.78 is 7.75. The van der Waals surface area contributed by atoms with Crippen LogP contribution < -0.4 is 10.5 Å². The number of carbonyl (C=O) groups is 1. The van der Waals surface area contributed by atoms with E-state index in [2.05, 4.69) is 9.97 Å². The minimum Gasteiger partial charge on any atom is -0.457 e. The number of likely N-dealkylation sites (tertiary alicyclic amines) is 1. The molecule has 1 fully saturated rings. The molecular formula is C27H29N7O2. The number of rotatable bonds is 7. The van der Waals surface area contributed by atoms with Gasteiger partial charge in [-0.05, 0) is 63.3 Å². The van der Waals surface area contributed by atoms with E-state index in [0.717, 1.165) is 29.9 Å². The predicted molar refractivity (Wildman–Crippen MR) is 139 cm³/mol. The van der Waals surface area contributed by atoms with Crippen LogP contribution in [0.3, 0.4) is 0 Å². The molecule has 0 saturated carbocycles. The van der Waals surface area contributed by atoms with Gasteiger partial charge in [-0.2, -0.15) is 5.10 Å². The van der Waals surface area contributed by atoms with E-state index in [0.29, 0.717) is 35.6 Å². The largest absolute Gasteiger partial charge is 0.457 e. The summed E-state index contributed by atoms with van der Waals surface area (Å²) in [6.07, 6.45) is 6.39. The van der Waals surface area contributed by atoms with Gasteiger partial charge in [0.05, 0.1) is 5.39 Å². The van der Waals surface area contributed by atoms with Crippen molar-refractivity contribution in [1.29, 1.82) is 0 Å². The van der Waals surface area contributed by atoms with Crippen molar-refractivity contribution >= 4 is 22.8 Å². The second-order valence-corrected chi connectivity index (χ2v) is 9.01. The Kier molecular flexibility index (Phi) is 6.64. The van der Waals surface area contributed by atoms with Crippen molar-refractivity contribution < 1.29 is 9.53 Å². The highest BCUT2D eigenvalue weighted by Crippen LogP contribution is 2.36. The Bertz CT molecular complexity index is 1380. The Morgan fingerprint density at radius 3 is 2.61 bits per heavy atom. The van der Waals surface area contributed by atoms with Gasteiger partial charge in [0.25, 0.3) is 0 Å². The molecule has 0 bridgehead atoms. The lowest BCUT2D eigenvalue weighted by atomic mass is 10.1. The zero-order chi connectivity index (χ0) is 25.1. The standard InChI is InChI=1S/C27H29N7O2/c1-32(2)16-7-11-23(35)33-17-6-10-22(33)34-27-24(26(28)29-18-30-27)25(31-34)19-12-14-21(15-13-19)36-20-8-4-3-5-9-20/h3-5,7-9,11-15,18,22H,6,10,16-17H2,1-2H3,(H2,28,29,30)/b11-7+. The molecule has 2 aromatic carbocycles. The van der Waals surface area contributed by atoms with Gasteiger partial charge in [-0.25, -0.2) is 14.6 Å². The number of amides is 1. The zero-order valence-electron chi connectivity index (χ0n) is 20.4. The number of anilines is 1. The molecule has 2 aromatic heterocycles. The number of hydrogen-bond acceptors (Lipinski definition) is 7. The number of nitrogen functional groups attached to an aromatic ring is 1. The van der Waals surface area contributed by atoms with Crippen LogP contribution in [0, 0.1) is 0 Å². The van der Waals surface area contributed by atoms with Crippen LogP contribution >= 0.6 is 0 Å². The second kappa shape index (κ2) is 10.2. The maximum absolute atomic E-state index is 13.0. The predicted octanol–water partition coefficient (Wildman–Crippen LogP) is 4.11. The molecule has 1 aliphatic heterocycles. The van der Waals surface area contributed by atoms with E-state index in [1.165, 1.54) is 6.33 Å². The molecule has 1 atom stereocenters. The SMILES string of the molecule is CN(C)C/C=C/C(=O)N1CCCC1n1nc(-c2ccc(Oc3ccccc3)cc2)c2c(N)ncnc21. The van der Waals surface area contributed by atoms with E-state index < -0.39 is 0 Å². The summed E-state index contributed by atoms with van der Waals surface area (Å²) in [7, 11) is 3.94. The lowest BCUT2D eigenvalue weighted by Crippen LogP contribution is -2.33. The number of likely N-dealkylation sites (N-methyl/N-ethyl adjacent to an activating group) is 1. The van der Waals surface area contributed by atoms with Gasteiger partial charge in [-0.15, -0.1) is 0 Å². The average molecular weight is 484 g/mol. The van der Waals surface area contributed by atoms with E-state index in [1.54, 1.807) is 6.08 Å². The number of para-hydroxylation sites is 1. The Balaban J connectivity index is 1.47. The summed E-state index contributed by atoms with van der Waals surface area (Å²) in [5.74, 6) is 1.81. The summed E-state index contributed by atoms with van der Waals surface area (Å²) in [5, 5.41) is 5.60. The van der Waals surface area contributed by atoms with Crippen molar-refractivity contribution in [1.82, 2.24) is 29.5 Å². The van der Waals surface area contributed by atoms with Crippen LogP contribution in [0.1, 0.15) is 19.0 Å². The van der Waals surface area contributed by atoms with Gasteiger partial charge in [0, 0.05) is 24.7 Å². The first-order valence-corrected chi connectivity index (χ1v) is 11.9. The third-order valence-corrected chi connectivity index (χ3v) is 6.14. The van der Waals surface area contributed by atoms with E-state index in [9.17, 15) is 4.79 Å². The number of carbonyl (C=O) groups excluding carboxylic acids is 1. The van der Waals surface area contributed by atoms with E-state index in [-0.39, 0.29) is 12.1 Å². The fraction of sp³-hybridized carbons (Fsp3) is 0.259. The highest BCUT2D eigenvalue weighted by molar-refractivity contribution is 5.98. The lowest BCUT2D eigenvalue weighted by molar-refractivity contribution is -0.128. The Morgan fingerprint density at radius 1 is 1.11 bits per heavy atom. The Labute approximate surface area is 209 Å². The third kappa shape index (κ3) is 4.78. The number of nitrogens with zero attached hydrogens (tertiary/aromatic N) is 6. The molecule has 0 aliphatic carbocycles. The van der Waals surface area contributed by atoms with Gasteiger partial charge in [0.1, 0.15) is 35.5 Å². The number of ether oxygens (including phenoxy) is 1. The summed E-state index contributed by atoms with van der Waals surface area (Å²) in [5.41, 5.74) is 8.46. The van der Waals surface area contributed by atoms with Crippen molar-refractivity contribution in [3.8, 4) is 22.8 Å². The molecule has 1 saturated heterocycles. The molecule has 1 aliphatic rings. The van der Waals surface area contributed by atoms with Crippen LogP contribution in [0.25, 0.3) is 22.3 Å². The van der Waals surface area contributed by atoms with Gasteiger partial charge in [-0.3, -0.25) is 4.79 Å². The van der Waals surface area contributed by atoms with Crippen LogP contribution in [0.5, 0.6) is 11.5 Å². The van der Waals surface area contributed by atoms with Crippen LogP contribution in [0.15, 0.2) is 73.1 Å². The van der Waals surface area contributed by atoms with Gasteiger partial charge < -0.3 is 20.3 Å². The molecule has 5 rings (SSSR count). The molecule has 3 heterocycles. The molecule has 0 radical (unpaired) electrons. The first kappa shape index (κ1) is 23.5. The van der Waals surface area contributed by atoms with Crippen LogP contribution in [0.2, 0.25) is 0 Å². The third-order valence-electron chi connectivity index (χ3n) is 6.14. The zero-order valence-corrected chi connectivity index (χ0v) is 20.4. The summed E-state index contributed by atoms with van der Waals surface area (Å²) >= 11 is 0. The molecule has 1 amide bonds. The summed E-state index contributed by atoms with van der Waals surface area (Å²) in [6.45, 7) is 1.37. The number of fused-ring (bicyclic) bond motifs is 1. The normalized spacial score (nSPS) is 15.9. The lowest BCUT2D eigenvalue weighted by Gasteiger charge is -2.24. The van der Waals surface area contributed by atoms with Crippen LogP contribution in [-0.2, 0) is 4.79 Å². The minimum absolute atomic E-state index is 0.0333. The van der Waals surface area contributed by atoms with E-state index in [1.807, 2.05) is 89.3 Å². The smallest absolute Gasteiger partial charge is 0.247 e. The van der Waals surface area contributed by atoms with Crippen molar-refractivity contribution in [2.24, 2.45) is 0 Å². The molecule has 2 N–H and O–H groups in total. The first-order valence-electron chi connectivity index (χ1n) is 11.9. The molecule has 9 heteroatoms. The quantitative estimate of drug-likeness (QED) is 0.395. The van der Waals surface area contributed by atoms with E-state index in [4.69, 9.17) is 15.6 Å². The fourth-order valence-corrected chi connectivity index (χ4v) is 4.43. The fourth-order valence-electron chi connectivity index (χ4n) is 4.43. The van der Waals surface area contributed by atoms with Crippen LogP contribution in [-0.4, -0.2) is 62.6 Å². The number of hydrogen-bond donors (Lipinski definition) is 1. The molecule has 0 spiro atoms. The van der Waals surface area contributed by atoms with Crippen molar-refractivity contribution in [2.75, 3.05) is 32.9 Å². The molecular weight excluding hydrogens is 454 g/mol.